The number of fused-ring (bicyclic) bond motifs is 1. The fourth-order valence-corrected chi connectivity index (χ4v) is 4.71. The SMILES string of the molecule is COC(=O)c1cc(CC(=O)N(C)C(N)=O)c2c(c1)n(Cc1cc(OC)cc(OC)c1)c(=O)n2Cc1cccc(OC)c1. The molecule has 4 rings (SSSR count). The average Bonchev–Trinajstić information content (AvgIpc) is 3.25. The fraction of sp³-hybridized carbons (Fsp3) is 0.267. The maximum Gasteiger partial charge on any atom is 0.337 e. The topological polar surface area (TPSA) is 144 Å². The molecule has 220 valence electrons. The number of urea groups is 1. The van der Waals surface area contributed by atoms with Crippen molar-refractivity contribution in [3.05, 3.63) is 87.3 Å². The summed E-state index contributed by atoms with van der Waals surface area (Å²) in [4.78, 5) is 52.3. The van der Waals surface area contributed by atoms with Gasteiger partial charge in [0.25, 0.3) is 0 Å². The highest BCUT2D eigenvalue weighted by atomic mass is 16.5. The highest BCUT2D eigenvalue weighted by molar-refractivity contribution is 5.99. The molecular weight excluding hydrogens is 544 g/mol. The fourth-order valence-electron chi connectivity index (χ4n) is 4.71. The Bertz CT molecular complexity index is 1700. The van der Waals surface area contributed by atoms with Gasteiger partial charge in [0.15, 0.2) is 0 Å². The van der Waals surface area contributed by atoms with E-state index >= 15 is 0 Å². The van der Waals surface area contributed by atoms with Gasteiger partial charge in [-0.05, 0) is 53.1 Å². The number of benzene rings is 3. The summed E-state index contributed by atoms with van der Waals surface area (Å²) in [5.74, 6) is 0.411. The molecule has 42 heavy (non-hydrogen) atoms. The first-order valence-corrected chi connectivity index (χ1v) is 12.8. The number of hydrogen-bond acceptors (Lipinski definition) is 8. The number of carbonyl (C=O) groups excluding carboxylic acids is 3. The summed E-state index contributed by atoms with van der Waals surface area (Å²) in [5, 5.41) is 0. The lowest BCUT2D eigenvalue weighted by Crippen LogP contribution is -2.38. The second-order valence-electron chi connectivity index (χ2n) is 9.49. The number of imide groups is 1. The molecule has 0 bridgehead atoms. The van der Waals surface area contributed by atoms with E-state index in [1.165, 1.54) is 43.6 Å². The number of nitrogens with zero attached hydrogens (tertiary/aromatic N) is 3. The highest BCUT2D eigenvalue weighted by Crippen LogP contribution is 2.27. The van der Waals surface area contributed by atoms with Gasteiger partial charge in [0.2, 0.25) is 5.91 Å². The summed E-state index contributed by atoms with van der Waals surface area (Å²) >= 11 is 0. The molecule has 0 saturated carbocycles. The largest absolute Gasteiger partial charge is 0.497 e. The van der Waals surface area contributed by atoms with E-state index < -0.39 is 23.6 Å². The predicted octanol–water partition coefficient (Wildman–Crippen LogP) is 2.79. The van der Waals surface area contributed by atoms with Crippen molar-refractivity contribution in [2.75, 3.05) is 35.5 Å². The third-order valence-corrected chi connectivity index (χ3v) is 6.89. The highest BCUT2D eigenvalue weighted by Gasteiger charge is 2.24. The molecule has 0 aliphatic heterocycles. The molecule has 1 heterocycles. The average molecular weight is 577 g/mol. The van der Waals surface area contributed by atoms with Crippen molar-refractivity contribution >= 4 is 28.9 Å². The van der Waals surface area contributed by atoms with Crippen molar-refractivity contribution < 1.29 is 33.3 Å². The molecule has 0 radical (unpaired) electrons. The van der Waals surface area contributed by atoms with E-state index in [0.717, 1.165) is 10.5 Å². The van der Waals surface area contributed by atoms with Crippen LogP contribution >= 0.6 is 0 Å². The van der Waals surface area contributed by atoms with E-state index in [1.54, 1.807) is 43.5 Å². The van der Waals surface area contributed by atoms with Crippen LogP contribution in [0.25, 0.3) is 11.0 Å². The lowest BCUT2D eigenvalue weighted by atomic mass is 10.0. The molecular formula is C30H32N4O8. The van der Waals surface area contributed by atoms with Crippen molar-refractivity contribution in [2.24, 2.45) is 5.73 Å². The standard InChI is InChI=1S/C30H32N4O8/c1-32(29(31)37)26(35)14-20-12-21(28(36)42-5)13-25-27(20)34(16-18-7-6-8-22(9-18)39-2)30(38)33(25)17-19-10-23(40-3)15-24(11-19)41-4/h6-13,15H,14,16-17H2,1-5H3,(H2,31,37). The third kappa shape index (κ3) is 6.07. The summed E-state index contributed by atoms with van der Waals surface area (Å²) in [6.07, 6.45) is -0.310. The first-order chi connectivity index (χ1) is 20.1. The molecule has 0 aliphatic carbocycles. The number of hydrogen-bond donors (Lipinski definition) is 1. The van der Waals surface area contributed by atoms with Gasteiger partial charge < -0.3 is 24.7 Å². The molecule has 0 saturated heterocycles. The summed E-state index contributed by atoms with van der Waals surface area (Å²) in [6.45, 7) is 0.221. The van der Waals surface area contributed by atoms with Crippen molar-refractivity contribution in [1.82, 2.24) is 14.0 Å². The van der Waals surface area contributed by atoms with Gasteiger partial charge in [-0.2, -0.15) is 0 Å². The van der Waals surface area contributed by atoms with Gasteiger partial charge in [0, 0.05) is 13.1 Å². The van der Waals surface area contributed by atoms with Crippen molar-refractivity contribution in [3.63, 3.8) is 0 Å². The van der Waals surface area contributed by atoms with Crippen LogP contribution < -0.4 is 25.6 Å². The van der Waals surface area contributed by atoms with Gasteiger partial charge in [-0.1, -0.05) is 12.1 Å². The Morgan fingerprint density at radius 2 is 1.43 bits per heavy atom. The number of likely N-dealkylation sites (N-methyl/N-ethyl adjacent to an activating group) is 1. The molecule has 0 atom stereocenters. The number of rotatable bonds is 10. The quantitative estimate of drug-likeness (QED) is 0.284. The zero-order valence-electron chi connectivity index (χ0n) is 24.0. The van der Waals surface area contributed by atoms with Crippen LogP contribution in [0, 0.1) is 0 Å². The van der Waals surface area contributed by atoms with Gasteiger partial charge in [-0.15, -0.1) is 0 Å². The minimum absolute atomic E-state index is 0.0905. The maximum absolute atomic E-state index is 14.1. The van der Waals surface area contributed by atoms with E-state index in [2.05, 4.69) is 0 Å². The molecule has 2 N–H and O–H groups in total. The molecule has 0 spiro atoms. The lowest BCUT2D eigenvalue weighted by molar-refractivity contribution is -0.126. The van der Waals surface area contributed by atoms with E-state index in [1.807, 2.05) is 12.1 Å². The van der Waals surface area contributed by atoms with Gasteiger partial charge >= 0.3 is 17.7 Å². The van der Waals surface area contributed by atoms with E-state index in [4.69, 9.17) is 24.7 Å². The minimum atomic E-state index is -0.932. The Morgan fingerprint density at radius 1 is 0.810 bits per heavy atom. The number of amides is 3. The number of imidazole rings is 1. The molecule has 3 aromatic carbocycles. The molecule has 0 fully saturated rings. The molecule has 3 amide bonds. The van der Waals surface area contributed by atoms with E-state index in [-0.39, 0.29) is 25.1 Å². The normalized spacial score (nSPS) is 10.8. The van der Waals surface area contributed by atoms with E-state index in [0.29, 0.717) is 39.4 Å². The second kappa shape index (κ2) is 12.5. The molecule has 0 aliphatic rings. The molecule has 0 unspecified atom stereocenters. The monoisotopic (exact) mass is 576 g/mol. The number of primary amides is 1. The second-order valence-corrected chi connectivity index (χ2v) is 9.49. The molecule has 4 aromatic rings. The summed E-state index contributed by atoms with van der Waals surface area (Å²) in [5.41, 5.74) is 7.66. The number of esters is 1. The maximum atomic E-state index is 14.1. The molecule has 12 heteroatoms. The molecule has 12 nitrogen and oxygen atoms in total. The first kappa shape index (κ1) is 29.7. The van der Waals surface area contributed by atoms with Gasteiger partial charge in [-0.25, -0.2) is 14.4 Å². The summed E-state index contributed by atoms with van der Waals surface area (Å²) < 4.78 is 24.1. The minimum Gasteiger partial charge on any atom is -0.497 e. The number of nitrogens with two attached hydrogens (primary N) is 1. The summed E-state index contributed by atoms with van der Waals surface area (Å²) in [6, 6.07) is 14.6. The van der Waals surface area contributed by atoms with Crippen molar-refractivity contribution in [2.45, 2.75) is 19.5 Å². The van der Waals surface area contributed by atoms with E-state index in [9.17, 15) is 19.2 Å². The van der Waals surface area contributed by atoms with Crippen LogP contribution in [0.4, 0.5) is 4.79 Å². The third-order valence-electron chi connectivity index (χ3n) is 6.89. The smallest absolute Gasteiger partial charge is 0.337 e. The predicted molar refractivity (Wildman–Crippen MR) is 154 cm³/mol. The van der Waals surface area contributed by atoms with Crippen LogP contribution in [0.15, 0.2) is 59.4 Å². The Labute approximate surface area is 241 Å². The Morgan fingerprint density at radius 3 is 2.02 bits per heavy atom. The van der Waals surface area contributed by atoms with Gasteiger partial charge in [0.1, 0.15) is 17.2 Å². The Hall–Kier alpha value is -5.26. The van der Waals surface area contributed by atoms with Crippen LogP contribution in [-0.2, 0) is 29.0 Å². The zero-order chi connectivity index (χ0) is 30.6. The number of carbonyl (C=O) groups is 3. The number of ether oxygens (including phenoxy) is 4. The van der Waals surface area contributed by atoms with Gasteiger partial charge in [0.05, 0.1) is 64.5 Å². The first-order valence-electron chi connectivity index (χ1n) is 12.8. The van der Waals surface area contributed by atoms with Crippen molar-refractivity contribution in [1.29, 1.82) is 0 Å². The van der Waals surface area contributed by atoms with Crippen LogP contribution in [0.3, 0.4) is 0 Å². The van der Waals surface area contributed by atoms with Crippen LogP contribution in [0.5, 0.6) is 17.2 Å². The number of aromatic nitrogens is 2. The lowest BCUT2D eigenvalue weighted by Gasteiger charge is -2.15. The van der Waals surface area contributed by atoms with Gasteiger partial charge in [-0.3, -0.25) is 18.8 Å². The van der Waals surface area contributed by atoms with Crippen molar-refractivity contribution in [3.8, 4) is 17.2 Å². The summed E-state index contributed by atoms with van der Waals surface area (Å²) in [7, 11) is 7.10. The van der Waals surface area contributed by atoms with Crippen LogP contribution in [0.1, 0.15) is 27.0 Å². The molecule has 1 aromatic heterocycles. The Kier molecular flexibility index (Phi) is 8.84. The van der Waals surface area contributed by atoms with Crippen LogP contribution in [0.2, 0.25) is 0 Å². The Balaban J connectivity index is 2.00. The number of methoxy groups -OCH3 is 4. The van der Waals surface area contributed by atoms with Crippen LogP contribution in [-0.4, -0.2) is 67.4 Å². The zero-order valence-corrected chi connectivity index (χ0v) is 24.0.